The second-order valence-corrected chi connectivity index (χ2v) is 9.62. The first-order valence-electron chi connectivity index (χ1n) is 10.8. The molecule has 2 aromatic rings. The zero-order chi connectivity index (χ0) is 22.4. The van der Waals surface area contributed by atoms with E-state index >= 15 is 0 Å². The Kier molecular flexibility index (Phi) is 5.30. The maximum Gasteiger partial charge on any atom is 0.262 e. The molecule has 0 bridgehead atoms. The third-order valence-corrected chi connectivity index (χ3v) is 7.21. The monoisotopic (exact) mass is 452 g/mol. The number of hydrogen-bond donors (Lipinski definition) is 1. The molecule has 2 fully saturated rings. The Balaban J connectivity index is 1.26. The van der Waals surface area contributed by atoms with E-state index in [1.54, 1.807) is 23.5 Å². The van der Waals surface area contributed by atoms with Crippen molar-refractivity contribution in [3.8, 4) is 0 Å². The number of amides is 4. The van der Waals surface area contributed by atoms with Crippen molar-refractivity contribution in [2.24, 2.45) is 0 Å². The van der Waals surface area contributed by atoms with Gasteiger partial charge in [-0.15, -0.1) is 11.3 Å². The highest BCUT2D eigenvalue weighted by molar-refractivity contribution is 7.10. The standard InChI is InChI=1S/C23H24N4O4S/c1-14-10-16(13-32-14)26-8-6-25(7-9-26)12-15-2-3-17-18(11-15)23(31)27(22(17)30)19-4-5-20(28)24-21(19)29/h2-3,10-11,13,19H,4-9,12H2,1H3,(H,24,28,29). The number of rotatable bonds is 4. The highest BCUT2D eigenvalue weighted by Crippen LogP contribution is 2.29. The molecule has 8 nitrogen and oxygen atoms in total. The molecule has 1 atom stereocenters. The molecule has 1 unspecified atom stereocenters. The number of nitrogens with one attached hydrogen (secondary N) is 1. The van der Waals surface area contributed by atoms with E-state index in [9.17, 15) is 19.2 Å². The van der Waals surface area contributed by atoms with Crippen LogP contribution < -0.4 is 10.2 Å². The number of thiophene rings is 1. The second-order valence-electron chi connectivity index (χ2n) is 8.51. The lowest BCUT2D eigenvalue weighted by Crippen LogP contribution is -2.54. The Morgan fingerprint density at radius 2 is 1.75 bits per heavy atom. The summed E-state index contributed by atoms with van der Waals surface area (Å²) in [6.45, 7) is 6.54. The number of piperazine rings is 1. The van der Waals surface area contributed by atoms with Crippen LogP contribution in [0.1, 0.15) is 44.0 Å². The highest BCUT2D eigenvalue weighted by Gasteiger charge is 2.44. The van der Waals surface area contributed by atoms with Gasteiger partial charge in [0.05, 0.1) is 11.1 Å². The van der Waals surface area contributed by atoms with Gasteiger partial charge >= 0.3 is 0 Å². The first kappa shape index (κ1) is 20.8. The van der Waals surface area contributed by atoms with Gasteiger partial charge in [-0.3, -0.25) is 34.3 Å². The van der Waals surface area contributed by atoms with Gasteiger partial charge in [-0.2, -0.15) is 0 Å². The van der Waals surface area contributed by atoms with Crippen LogP contribution in [0.25, 0.3) is 0 Å². The maximum atomic E-state index is 13.0. The Bertz CT molecular complexity index is 1120. The summed E-state index contributed by atoms with van der Waals surface area (Å²) in [7, 11) is 0. The zero-order valence-corrected chi connectivity index (χ0v) is 18.6. The topological polar surface area (TPSA) is 90.0 Å². The van der Waals surface area contributed by atoms with Gasteiger partial charge in [0.25, 0.3) is 11.8 Å². The van der Waals surface area contributed by atoms with Crippen molar-refractivity contribution < 1.29 is 19.2 Å². The van der Waals surface area contributed by atoms with Gasteiger partial charge in [0, 0.05) is 55.1 Å². The number of carbonyl (C=O) groups excluding carboxylic acids is 4. The minimum absolute atomic E-state index is 0.117. The van der Waals surface area contributed by atoms with Crippen molar-refractivity contribution in [2.45, 2.75) is 32.4 Å². The smallest absolute Gasteiger partial charge is 0.262 e. The molecule has 166 valence electrons. The summed E-state index contributed by atoms with van der Waals surface area (Å²) in [6, 6.07) is 6.62. The SMILES string of the molecule is Cc1cc(N2CCN(Cc3ccc4c(c3)C(=O)N(C3CCC(=O)NC3=O)C4=O)CC2)cs1. The third kappa shape index (κ3) is 3.71. The summed E-state index contributed by atoms with van der Waals surface area (Å²) < 4.78 is 0. The molecule has 9 heteroatoms. The summed E-state index contributed by atoms with van der Waals surface area (Å²) in [4.78, 5) is 56.5. The Labute approximate surface area is 189 Å². The lowest BCUT2D eigenvalue weighted by molar-refractivity contribution is -0.136. The molecule has 4 amide bonds. The molecule has 32 heavy (non-hydrogen) atoms. The number of fused-ring (bicyclic) bond motifs is 1. The molecule has 1 aromatic heterocycles. The quantitative estimate of drug-likeness (QED) is 0.712. The third-order valence-electron chi connectivity index (χ3n) is 6.36. The van der Waals surface area contributed by atoms with Gasteiger partial charge in [-0.05, 0) is 37.1 Å². The molecular weight excluding hydrogens is 428 g/mol. The number of carbonyl (C=O) groups is 4. The molecule has 0 radical (unpaired) electrons. The molecule has 0 saturated carbocycles. The number of imide groups is 2. The predicted octanol–water partition coefficient (Wildman–Crippen LogP) is 1.78. The van der Waals surface area contributed by atoms with Crippen molar-refractivity contribution in [1.82, 2.24) is 15.1 Å². The van der Waals surface area contributed by atoms with E-state index in [1.165, 1.54) is 10.6 Å². The molecular formula is C23H24N4O4S. The van der Waals surface area contributed by atoms with Crippen LogP contribution in [0.4, 0.5) is 5.69 Å². The summed E-state index contributed by atoms with van der Waals surface area (Å²) in [5.74, 6) is -1.89. The normalized spacial score (nSPS) is 21.8. The summed E-state index contributed by atoms with van der Waals surface area (Å²) in [5, 5.41) is 4.42. The van der Waals surface area contributed by atoms with Crippen LogP contribution in [0.5, 0.6) is 0 Å². The average molecular weight is 453 g/mol. The highest BCUT2D eigenvalue weighted by atomic mass is 32.1. The molecule has 2 saturated heterocycles. The summed E-state index contributed by atoms with van der Waals surface area (Å²) >= 11 is 1.76. The van der Waals surface area contributed by atoms with E-state index in [-0.39, 0.29) is 18.7 Å². The summed E-state index contributed by atoms with van der Waals surface area (Å²) in [5.41, 5.74) is 2.91. The van der Waals surface area contributed by atoms with E-state index in [4.69, 9.17) is 0 Å². The van der Waals surface area contributed by atoms with Gasteiger partial charge in [0.1, 0.15) is 6.04 Å². The first-order valence-corrected chi connectivity index (χ1v) is 11.7. The largest absolute Gasteiger partial charge is 0.368 e. The number of nitrogens with zero attached hydrogens (tertiary/aromatic N) is 3. The van der Waals surface area contributed by atoms with E-state index in [0.717, 1.165) is 36.6 Å². The molecule has 3 aliphatic heterocycles. The Hall–Kier alpha value is -3.04. The van der Waals surface area contributed by atoms with E-state index < -0.39 is 23.8 Å². The molecule has 5 rings (SSSR count). The van der Waals surface area contributed by atoms with Crippen LogP contribution in [0, 0.1) is 6.92 Å². The van der Waals surface area contributed by atoms with Crippen molar-refractivity contribution in [1.29, 1.82) is 0 Å². The van der Waals surface area contributed by atoms with Gasteiger partial charge in [0.15, 0.2) is 0 Å². The molecule has 4 heterocycles. The van der Waals surface area contributed by atoms with Crippen molar-refractivity contribution in [3.63, 3.8) is 0 Å². The Morgan fingerprint density at radius 1 is 1.00 bits per heavy atom. The first-order chi connectivity index (χ1) is 15.4. The molecule has 0 spiro atoms. The van der Waals surface area contributed by atoms with E-state index in [0.29, 0.717) is 17.7 Å². The van der Waals surface area contributed by atoms with Gasteiger partial charge in [-0.1, -0.05) is 6.07 Å². The van der Waals surface area contributed by atoms with Crippen LogP contribution in [0.2, 0.25) is 0 Å². The van der Waals surface area contributed by atoms with Gasteiger partial charge in [-0.25, -0.2) is 0 Å². The summed E-state index contributed by atoms with van der Waals surface area (Å²) in [6.07, 6.45) is 0.281. The number of aryl methyl sites for hydroxylation is 1. The number of benzene rings is 1. The lowest BCUT2D eigenvalue weighted by Gasteiger charge is -2.35. The van der Waals surface area contributed by atoms with Crippen molar-refractivity contribution in [2.75, 3.05) is 31.1 Å². The fourth-order valence-corrected chi connectivity index (χ4v) is 5.35. The fraction of sp³-hybridized carbons (Fsp3) is 0.391. The van der Waals surface area contributed by atoms with Crippen molar-refractivity contribution >= 4 is 40.7 Å². The van der Waals surface area contributed by atoms with Gasteiger partial charge < -0.3 is 4.90 Å². The maximum absolute atomic E-state index is 13.0. The molecule has 0 aliphatic carbocycles. The fourth-order valence-electron chi connectivity index (χ4n) is 4.63. The number of piperidine rings is 1. The van der Waals surface area contributed by atoms with Crippen LogP contribution in [0.15, 0.2) is 29.6 Å². The second kappa shape index (κ2) is 8.14. The molecule has 1 N–H and O–H groups in total. The van der Waals surface area contributed by atoms with Crippen LogP contribution in [0.3, 0.4) is 0 Å². The van der Waals surface area contributed by atoms with Gasteiger partial charge in [0.2, 0.25) is 11.8 Å². The van der Waals surface area contributed by atoms with Crippen LogP contribution >= 0.6 is 11.3 Å². The predicted molar refractivity (Wildman–Crippen MR) is 120 cm³/mol. The minimum Gasteiger partial charge on any atom is -0.368 e. The van der Waals surface area contributed by atoms with E-state index in [2.05, 4.69) is 33.5 Å². The molecule has 1 aromatic carbocycles. The lowest BCUT2D eigenvalue weighted by atomic mass is 10.0. The Morgan fingerprint density at radius 3 is 2.44 bits per heavy atom. The minimum atomic E-state index is -0.933. The zero-order valence-electron chi connectivity index (χ0n) is 17.8. The van der Waals surface area contributed by atoms with Crippen LogP contribution in [-0.2, 0) is 16.1 Å². The average Bonchev–Trinajstić information content (AvgIpc) is 3.31. The number of hydrogen-bond acceptors (Lipinski definition) is 7. The van der Waals surface area contributed by atoms with Crippen LogP contribution in [-0.4, -0.2) is 65.6 Å². The molecule has 3 aliphatic rings. The number of anilines is 1. The van der Waals surface area contributed by atoms with Crippen molar-refractivity contribution in [3.05, 3.63) is 51.2 Å². The van der Waals surface area contributed by atoms with E-state index in [1.807, 2.05) is 6.07 Å².